The van der Waals surface area contributed by atoms with Gasteiger partial charge in [-0.15, -0.1) is 0 Å². The molecule has 1 saturated heterocycles. The lowest BCUT2D eigenvalue weighted by atomic mass is 10.1. The largest absolute Gasteiger partial charge is 0.416 e. The highest BCUT2D eigenvalue weighted by molar-refractivity contribution is 6.05. The van der Waals surface area contributed by atoms with E-state index in [1.54, 1.807) is 4.90 Å². The van der Waals surface area contributed by atoms with Gasteiger partial charge in [0, 0.05) is 43.6 Å². The molecule has 2 heterocycles. The predicted molar refractivity (Wildman–Crippen MR) is 97.0 cm³/mol. The highest BCUT2D eigenvalue weighted by Gasteiger charge is 2.30. The number of carbonyl (C=O) groups is 2. The molecule has 0 spiro atoms. The van der Waals surface area contributed by atoms with Gasteiger partial charge in [0.2, 0.25) is 0 Å². The normalized spacial score (nSPS) is 15.4. The Hall–Kier alpha value is -2.94. The number of carbonyl (C=O) groups excluding carboxylic acids is 2. The summed E-state index contributed by atoms with van der Waals surface area (Å²) in [7, 11) is 1.97. The van der Waals surface area contributed by atoms with E-state index < -0.39 is 17.6 Å². The van der Waals surface area contributed by atoms with Crippen molar-refractivity contribution in [3.8, 4) is 0 Å². The van der Waals surface area contributed by atoms with Crippen molar-refractivity contribution in [2.45, 2.75) is 6.18 Å². The number of piperazine rings is 1. The summed E-state index contributed by atoms with van der Waals surface area (Å²) in [5.74, 6) is -0.893. The first-order chi connectivity index (χ1) is 13.2. The van der Waals surface area contributed by atoms with Gasteiger partial charge in [-0.25, -0.2) is 0 Å². The molecule has 1 aliphatic rings. The number of aromatic nitrogens is 1. The Morgan fingerprint density at radius 1 is 1.07 bits per heavy atom. The number of hydrogen-bond donors (Lipinski definition) is 1. The van der Waals surface area contributed by atoms with E-state index >= 15 is 0 Å². The topological polar surface area (TPSA) is 65.5 Å². The second kappa shape index (κ2) is 7.97. The summed E-state index contributed by atoms with van der Waals surface area (Å²) < 4.78 is 38.4. The van der Waals surface area contributed by atoms with E-state index in [1.807, 2.05) is 7.05 Å². The summed E-state index contributed by atoms with van der Waals surface area (Å²) in [4.78, 5) is 32.8. The Morgan fingerprint density at radius 3 is 2.46 bits per heavy atom. The minimum Gasteiger partial charge on any atom is -0.335 e. The summed E-state index contributed by atoms with van der Waals surface area (Å²) in [6.45, 7) is 2.64. The number of rotatable bonds is 3. The van der Waals surface area contributed by atoms with Gasteiger partial charge in [0.25, 0.3) is 11.8 Å². The molecule has 3 rings (SSSR count). The highest BCUT2D eigenvalue weighted by atomic mass is 19.4. The van der Waals surface area contributed by atoms with Crippen molar-refractivity contribution in [1.29, 1.82) is 0 Å². The van der Waals surface area contributed by atoms with Crippen LogP contribution in [0.2, 0.25) is 0 Å². The SMILES string of the molecule is CN1CCN(C(=O)c2cc(C(=O)Nc3cccc(C(F)(F)F)c3)ccn2)CC1. The summed E-state index contributed by atoms with van der Waals surface area (Å²) in [5, 5.41) is 2.42. The average Bonchev–Trinajstić information content (AvgIpc) is 2.67. The number of anilines is 1. The number of alkyl halides is 3. The van der Waals surface area contributed by atoms with Crippen LogP contribution in [0.25, 0.3) is 0 Å². The van der Waals surface area contributed by atoms with Crippen LogP contribution in [-0.4, -0.2) is 59.8 Å². The van der Waals surface area contributed by atoms with Crippen molar-refractivity contribution in [3.05, 3.63) is 59.4 Å². The first kappa shape index (κ1) is 19.8. The summed E-state index contributed by atoms with van der Waals surface area (Å²) in [6, 6.07) is 7.12. The molecule has 0 unspecified atom stereocenters. The molecule has 0 aliphatic carbocycles. The summed E-state index contributed by atoms with van der Waals surface area (Å²) >= 11 is 0. The number of pyridine rings is 1. The van der Waals surface area contributed by atoms with Crippen molar-refractivity contribution >= 4 is 17.5 Å². The van der Waals surface area contributed by atoms with Crippen LogP contribution in [0.4, 0.5) is 18.9 Å². The Balaban J connectivity index is 1.73. The second-order valence-corrected chi connectivity index (χ2v) is 6.56. The van der Waals surface area contributed by atoms with Gasteiger partial charge < -0.3 is 15.1 Å². The Morgan fingerprint density at radius 2 is 1.79 bits per heavy atom. The standard InChI is InChI=1S/C19H19F3N4O2/c1-25-7-9-26(10-8-25)18(28)16-11-13(5-6-23-16)17(27)24-15-4-2-3-14(12-15)19(20,21)22/h2-6,11-12H,7-10H2,1H3,(H,24,27). The lowest BCUT2D eigenvalue weighted by Gasteiger charge is -2.32. The van der Waals surface area contributed by atoms with Crippen LogP contribution in [0.5, 0.6) is 0 Å². The molecule has 1 N–H and O–H groups in total. The fourth-order valence-corrected chi connectivity index (χ4v) is 2.84. The summed E-state index contributed by atoms with van der Waals surface area (Å²) in [6.07, 6.45) is -3.16. The number of amides is 2. The molecule has 0 saturated carbocycles. The molecule has 1 fully saturated rings. The molecule has 9 heteroatoms. The molecule has 0 radical (unpaired) electrons. The molecule has 148 valence electrons. The fourth-order valence-electron chi connectivity index (χ4n) is 2.84. The number of benzene rings is 1. The third kappa shape index (κ3) is 4.66. The predicted octanol–water partition coefficient (Wildman–Crippen LogP) is 2.74. The first-order valence-corrected chi connectivity index (χ1v) is 8.66. The molecule has 6 nitrogen and oxygen atoms in total. The third-order valence-corrected chi connectivity index (χ3v) is 4.48. The van der Waals surface area contributed by atoms with Crippen LogP contribution < -0.4 is 5.32 Å². The van der Waals surface area contributed by atoms with E-state index in [0.29, 0.717) is 13.1 Å². The lowest BCUT2D eigenvalue weighted by Crippen LogP contribution is -2.47. The van der Waals surface area contributed by atoms with Gasteiger partial charge in [-0.05, 0) is 37.4 Å². The maximum atomic E-state index is 12.8. The molecule has 28 heavy (non-hydrogen) atoms. The lowest BCUT2D eigenvalue weighted by molar-refractivity contribution is -0.137. The molecule has 1 aromatic carbocycles. The van der Waals surface area contributed by atoms with Crippen LogP contribution in [0.3, 0.4) is 0 Å². The molecular weight excluding hydrogens is 373 g/mol. The van der Waals surface area contributed by atoms with Crippen LogP contribution in [0.15, 0.2) is 42.6 Å². The molecule has 0 atom stereocenters. The number of halogens is 3. The van der Waals surface area contributed by atoms with Crippen LogP contribution in [0, 0.1) is 0 Å². The molecule has 2 amide bonds. The van der Waals surface area contributed by atoms with E-state index in [0.717, 1.165) is 25.2 Å². The highest BCUT2D eigenvalue weighted by Crippen LogP contribution is 2.30. The first-order valence-electron chi connectivity index (χ1n) is 8.66. The van der Waals surface area contributed by atoms with Crippen LogP contribution >= 0.6 is 0 Å². The third-order valence-electron chi connectivity index (χ3n) is 4.48. The van der Waals surface area contributed by atoms with Crippen molar-refractivity contribution in [2.75, 3.05) is 38.5 Å². The minimum atomic E-state index is -4.50. The van der Waals surface area contributed by atoms with Gasteiger partial charge in [-0.2, -0.15) is 13.2 Å². The van der Waals surface area contributed by atoms with Crippen molar-refractivity contribution in [3.63, 3.8) is 0 Å². The van der Waals surface area contributed by atoms with E-state index in [2.05, 4.69) is 15.2 Å². The quantitative estimate of drug-likeness (QED) is 0.873. The van der Waals surface area contributed by atoms with Gasteiger partial charge >= 0.3 is 6.18 Å². The zero-order valence-corrected chi connectivity index (χ0v) is 15.2. The Bertz CT molecular complexity index is 877. The number of nitrogens with one attached hydrogen (secondary N) is 1. The van der Waals surface area contributed by atoms with Gasteiger partial charge in [0.05, 0.1) is 5.56 Å². The number of hydrogen-bond acceptors (Lipinski definition) is 4. The number of likely N-dealkylation sites (N-methyl/N-ethyl adjacent to an activating group) is 1. The van der Waals surface area contributed by atoms with Gasteiger partial charge in [0.15, 0.2) is 0 Å². The smallest absolute Gasteiger partial charge is 0.335 e. The molecule has 1 aliphatic heterocycles. The van der Waals surface area contributed by atoms with E-state index in [-0.39, 0.29) is 22.9 Å². The van der Waals surface area contributed by atoms with Crippen LogP contribution in [-0.2, 0) is 6.18 Å². The Kier molecular flexibility index (Phi) is 5.64. The van der Waals surface area contributed by atoms with Crippen molar-refractivity contribution < 1.29 is 22.8 Å². The average molecular weight is 392 g/mol. The fraction of sp³-hybridized carbons (Fsp3) is 0.316. The molecule has 0 bridgehead atoms. The van der Waals surface area contributed by atoms with Crippen molar-refractivity contribution in [1.82, 2.24) is 14.8 Å². The van der Waals surface area contributed by atoms with E-state index in [9.17, 15) is 22.8 Å². The summed E-state index contributed by atoms with van der Waals surface area (Å²) in [5.41, 5.74) is -0.569. The monoisotopic (exact) mass is 392 g/mol. The zero-order chi connectivity index (χ0) is 20.3. The van der Waals surface area contributed by atoms with Gasteiger partial charge in [0.1, 0.15) is 5.69 Å². The van der Waals surface area contributed by atoms with Gasteiger partial charge in [-0.1, -0.05) is 6.07 Å². The molecule has 1 aromatic heterocycles. The maximum absolute atomic E-state index is 12.8. The minimum absolute atomic E-state index is 0.0172. The van der Waals surface area contributed by atoms with Crippen molar-refractivity contribution in [2.24, 2.45) is 0 Å². The van der Waals surface area contributed by atoms with E-state index in [1.165, 1.54) is 30.5 Å². The second-order valence-electron chi connectivity index (χ2n) is 6.56. The van der Waals surface area contributed by atoms with E-state index in [4.69, 9.17) is 0 Å². The molecular formula is C19H19F3N4O2. The van der Waals surface area contributed by atoms with Crippen LogP contribution in [0.1, 0.15) is 26.4 Å². The Labute approximate surface area is 160 Å². The molecule has 2 aromatic rings. The maximum Gasteiger partial charge on any atom is 0.416 e. The zero-order valence-electron chi connectivity index (χ0n) is 15.2. The number of nitrogens with zero attached hydrogens (tertiary/aromatic N) is 3. The van der Waals surface area contributed by atoms with Gasteiger partial charge in [-0.3, -0.25) is 14.6 Å².